The fraction of sp³-hybridized carbons (Fsp3) is 0.818. The van der Waals surface area contributed by atoms with Crippen molar-refractivity contribution < 1.29 is 0 Å². The van der Waals surface area contributed by atoms with Crippen LogP contribution in [-0.4, -0.2) is 20.8 Å². The van der Waals surface area contributed by atoms with E-state index in [9.17, 15) is 0 Å². The molecule has 0 bridgehead atoms. The van der Waals surface area contributed by atoms with Crippen LogP contribution in [0.2, 0.25) is 0 Å². The van der Waals surface area contributed by atoms with Crippen LogP contribution in [0.5, 0.6) is 0 Å². The smallest absolute Gasteiger partial charge is 0.150 e. The molecule has 0 amide bonds. The highest BCUT2D eigenvalue weighted by molar-refractivity contribution is 5.04. The third-order valence-corrected chi connectivity index (χ3v) is 3.15. The molecule has 2 N–H and O–H groups in total. The summed E-state index contributed by atoms with van der Waals surface area (Å²) in [6.07, 6.45) is 5.44. The highest BCUT2D eigenvalue weighted by atomic mass is 15.3. The van der Waals surface area contributed by atoms with Gasteiger partial charge in [0.2, 0.25) is 0 Å². The zero-order chi connectivity index (χ0) is 10.8. The minimum atomic E-state index is 0.362. The van der Waals surface area contributed by atoms with Crippen molar-refractivity contribution in [2.45, 2.75) is 51.0 Å². The minimum Gasteiger partial charge on any atom is -0.328 e. The molecule has 15 heavy (non-hydrogen) atoms. The second-order valence-electron chi connectivity index (χ2n) is 4.53. The van der Waals surface area contributed by atoms with E-state index in [0.717, 1.165) is 37.3 Å². The maximum atomic E-state index is 5.92. The highest BCUT2D eigenvalue weighted by Gasteiger charge is 2.27. The second-order valence-corrected chi connectivity index (χ2v) is 4.53. The van der Waals surface area contributed by atoms with Gasteiger partial charge < -0.3 is 5.73 Å². The van der Waals surface area contributed by atoms with Crippen molar-refractivity contribution in [3.63, 3.8) is 0 Å². The zero-order valence-electron chi connectivity index (χ0n) is 9.61. The van der Waals surface area contributed by atoms with E-state index in [1.54, 1.807) is 0 Å². The molecular formula is C11H20N4. The van der Waals surface area contributed by atoms with Gasteiger partial charge in [0, 0.05) is 25.4 Å². The lowest BCUT2D eigenvalue weighted by Gasteiger charge is -2.07. The molecule has 1 aliphatic rings. The molecule has 2 atom stereocenters. The van der Waals surface area contributed by atoms with E-state index in [2.05, 4.69) is 17.0 Å². The van der Waals surface area contributed by atoms with Gasteiger partial charge in [0.05, 0.1) is 0 Å². The molecule has 84 valence electrons. The van der Waals surface area contributed by atoms with Gasteiger partial charge in [-0.2, -0.15) is 5.10 Å². The largest absolute Gasteiger partial charge is 0.328 e. The summed E-state index contributed by atoms with van der Waals surface area (Å²) in [5, 5.41) is 4.43. The van der Waals surface area contributed by atoms with Crippen molar-refractivity contribution in [2.75, 3.05) is 0 Å². The molecule has 1 saturated carbocycles. The molecular weight excluding hydrogens is 188 g/mol. The van der Waals surface area contributed by atoms with Gasteiger partial charge in [-0.1, -0.05) is 6.92 Å². The second kappa shape index (κ2) is 4.31. The Hall–Kier alpha value is -0.900. The predicted octanol–water partition coefficient (Wildman–Crippen LogP) is 1.36. The lowest BCUT2D eigenvalue weighted by Crippen LogP contribution is -2.15. The number of nitrogens with two attached hydrogens (primary N) is 1. The molecule has 4 nitrogen and oxygen atoms in total. The lowest BCUT2D eigenvalue weighted by molar-refractivity contribution is 0.590. The Morgan fingerprint density at radius 1 is 1.47 bits per heavy atom. The van der Waals surface area contributed by atoms with E-state index in [0.29, 0.717) is 12.0 Å². The van der Waals surface area contributed by atoms with Crippen LogP contribution in [-0.2, 0) is 13.5 Å². The summed E-state index contributed by atoms with van der Waals surface area (Å²) in [6.45, 7) is 2.15. The molecule has 1 aromatic heterocycles. The molecule has 4 heteroatoms. The lowest BCUT2D eigenvalue weighted by atomic mass is 10.1. The molecule has 2 unspecified atom stereocenters. The van der Waals surface area contributed by atoms with Crippen LogP contribution in [0, 0.1) is 0 Å². The average molecular weight is 208 g/mol. The molecule has 1 fully saturated rings. The first kappa shape index (κ1) is 10.6. The van der Waals surface area contributed by atoms with Crippen molar-refractivity contribution in [1.82, 2.24) is 14.8 Å². The van der Waals surface area contributed by atoms with Crippen LogP contribution < -0.4 is 5.73 Å². The monoisotopic (exact) mass is 208 g/mol. The first-order valence-electron chi connectivity index (χ1n) is 5.86. The van der Waals surface area contributed by atoms with Crippen molar-refractivity contribution in [3.8, 4) is 0 Å². The summed E-state index contributed by atoms with van der Waals surface area (Å²) in [4.78, 5) is 4.61. The average Bonchev–Trinajstić information content (AvgIpc) is 2.73. The van der Waals surface area contributed by atoms with Gasteiger partial charge in [0.25, 0.3) is 0 Å². The Morgan fingerprint density at radius 2 is 2.27 bits per heavy atom. The van der Waals surface area contributed by atoms with Gasteiger partial charge in [-0.15, -0.1) is 0 Å². The predicted molar refractivity (Wildman–Crippen MR) is 59.6 cm³/mol. The molecule has 0 saturated heterocycles. The minimum absolute atomic E-state index is 0.362. The Bertz CT molecular complexity index is 331. The van der Waals surface area contributed by atoms with Crippen LogP contribution in [0.4, 0.5) is 0 Å². The third kappa shape index (κ3) is 2.20. The van der Waals surface area contributed by atoms with Gasteiger partial charge in [0.1, 0.15) is 5.82 Å². The Kier molecular flexibility index (Phi) is 3.05. The zero-order valence-corrected chi connectivity index (χ0v) is 9.61. The molecule has 0 aliphatic heterocycles. The van der Waals surface area contributed by atoms with Gasteiger partial charge in [-0.3, -0.25) is 4.68 Å². The van der Waals surface area contributed by atoms with Gasteiger partial charge in [0.15, 0.2) is 5.82 Å². The van der Waals surface area contributed by atoms with Crippen LogP contribution in [0.1, 0.15) is 50.2 Å². The fourth-order valence-electron chi connectivity index (χ4n) is 2.39. The first-order chi connectivity index (χ1) is 7.20. The van der Waals surface area contributed by atoms with Gasteiger partial charge in [-0.05, 0) is 25.7 Å². The fourth-order valence-corrected chi connectivity index (χ4v) is 2.39. The molecule has 0 aromatic carbocycles. The van der Waals surface area contributed by atoms with E-state index < -0.39 is 0 Å². The molecule has 1 aliphatic carbocycles. The number of hydrogen-bond donors (Lipinski definition) is 1. The normalized spacial score (nSPS) is 26.1. The van der Waals surface area contributed by atoms with Crippen LogP contribution >= 0.6 is 0 Å². The molecule has 2 rings (SSSR count). The molecule has 0 radical (unpaired) electrons. The van der Waals surface area contributed by atoms with E-state index in [1.165, 1.54) is 6.42 Å². The quantitative estimate of drug-likeness (QED) is 0.816. The maximum Gasteiger partial charge on any atom is 0.150 e. The highest BCUT2D eigenvalue weighted by Crippen LogP contribution is 2.32. The summed E-state index contributed by atoms with van der Waals surface area (Å²) in [5.41, 5.74) is 5.92. The van der Waals surface area contributed by atoms with E-state index in [1.807, 2.05) is 11.7 Å². The Balaban J connectivity index is 2.13. The summed E-state index contributed by atoms with van der Waals surface area (Å²) >= 11 is 0. The Morgan fingerprint density at radius 3 is 2.87 bits per heavy atom. The van der Waals surface area contributed by atoms with Crippen molar-refractivity contribution in [1.29, 1.82) is 0 Å². The van der Waals surface area contributed by atoms with Crippen molar-refractivity contribution >= 4 is 0 Å². The van der Waals surface area contributed by atoms with Crippen LogP contribution in [0.25, 0.3) is 0 Å². The summed E-state index contributed by atoms with van der Waals surface area (Å²) < 4.78 is 1.94. The standard InChI is InChI=1S/C11H20N4/c1-3-4-10-13-11(15(2)14-10)8-5-6-9(12)7-8/h8-9H,3-7,12H2,1-2H3. The molecule has 1 heterocycles. The van der Waals surface area contributed by atoms with Gasteiger partial charge >= 0.3 is 0 Å². The number of hydrogen-bond acceptors (Lipinski definition) is 3. The number of aryl methyl sites for hydroxylation is 2. The van der Waals surface area contributed by atoms with Crippen LogP contribution in [0.15, 0.2) is 0 Å². The van der Waals surface area contributed by atoms with Crippen LogP contribution in [0.3, 0.4) is 0 Å². The van der Waals surface area contributed by atoms with Crippen molar-refractivity contribution in [2.24, 2.45) is 12.8 Å². The molecule has 0 spiro atoms. The van der Waals surface area contributed by atoms with E-state index in [-0.39, 0.29) is 0 Å². The third-order valence-electron chi connectivity index (χ3n) is 3.15. The SMILES string of the molecule is CCCc1nc(C2CCC(N)C2)n(C)n1. The first-order valence-corrected chi connectivity index (χ1v) is 5.86. The summed E-state index contributed by atoms with van der Waals surface area (Å²) in [6, 6.07) is 0.362. The number of rotatable bonds is 3. The summed E-state index contributed by atoms with van der Waals surface area (Å²) in [7, 11) is 1.99. The summed E-state index contributed by atoms with van der Waals surface area (Å²) in [5.74, 6) is 2.64. The molecule has 1 aromatic rings. The van der Waals surface area contributed by atoms with E-state index in [4.69, 9.17) is 5.73 Å². The Labute approximate surface area is 90.9 Å². The number of nitrogens with zero attached hydrogens (tertiary/aromatic N) is 3. The topological polar surface area (TPSA) is 56.7 Å². The number of aromatic nitrogens is 3. The van der Waals surface area contributed by atoms with Crippen molar-refractivity contribution in [3.05, 3.63) is 11.6 Å². The van der Waals surface area contributed by atoms with Gasteiger partial charge in [-0.25, -0.2) is 4.98 Å². The maximum absolute atomic E-state index is 5.92. The van der Waals surface area contributed by atoms with E-state index >= 15 is 0 Å².